The molecule has 0 aliphatic carbocycles. The molecule has 0 atom stereocenters. The quantitative estimate of drug-likeness (QED) is 0.598. The number of carbonyl (C=O) groups is 2. The molecular formula is C14H27NO2. The molecule has 3 nitrogen and oxygen atoms in total. The topological polar surface area (TPSA) is 46.2 Å². The second-order valence-electron chi connectivity index (χ2n) is 5.23. The lowest BCUT2D eigenvalue weighted by Crippen LogP contribution is -2.26. The Morgan fingerprint density at radius 2 is 1.47 bits per heavy atom. The number of hydrogen-bond donors (Lipinski definition) is 1. The maximum Gasteiger partial charge on any atom is 0.149 e. The van der Waals surface area contributed by atoms with Crippen LogP contribution in [0.1, 0.15) is 53.4 Å². The molecule has 17 heavy (non-hydrogen) atoms. The molecule has 1 N–H and O–H groups in total. The van der Waals surface area contributed by atoms with Crippen molar-refractivity contribution in [2.24, 2.45) is 11.8 Å². The van der Waals surface area contributed by atoms with E-state index in [0.29, 0.717) is 18.7 Å². The molecule has 0 saturated heterocycles. The van der Waals surface area contributed by atoms with Crippen molar-refractivity contribution in [3.63, 3.8) is 0 Å². The number of nitrogens with one attached hydrogen (secondary N) is 1. The van der Waals surface area contributed by atoms with E-state index in [-0.39, 0.29) is 17.6 Å². The Hall–Kier alpha value is -0.700. The summed E-state index contributed by atoms with van der Waals surface area (Å²) in [6.07, 6.45) is 3.76. The molecule has 0 bridgehead atoms. The molecule has 0 fully saturated rings. The molecule has 0 heterocycles. The van der Waals surface area contributed by atoms with Crippen LogP contribution >= 0.6 is 0 Å². The molecule has 0 rings (SSSR count). The van der Waals surface area contributed by atoms with Gasteiger partial charge in [0.25, 0.3) is 0 Å². The monoisotopic (exact) mass is 241 g/mol. The molecule has 3 heteroatoms. The summed E-state index contributed by atoms with van der Waals surface area (Å²) in [5, 5.41) is 3.14. The maximum absolute atomic E-state index is 11.3. The van der Waals surface area contributed by atoms with Gasteiger partial charge in [0.1, 0.15) is 11.6 Å². The van der Waals surface area contributed by atoms with Crippen LogP contribution in [0.4, 0.5) is 0 Å². The van der Waals surface area contributed by atoms with Crippen LogP contribution in [0.25, 0.3) is 0 Å². The first kappa shape index (κ1) is 16.3. The van der Waals surface area contributed by atoms with Crippen molar-refractivity contribution >= 4 is 11.6 Å². The molecule has 0 saturated carbocycles. The fraction of sp³-hybridized carbons (Fsp3) is 0.857. The SMILES string of the molecule is CC(C)C(=O)CCCCCNCC(=O)C(C)C. The molecule has 0 aromatic carbocycles. The van der Waals surface area contributed by atoms with Crippen molar-refractivity contribution in [3.05, 3.63) is 0 Å². The van der Waals surface area contributed by atoms with E-state index >= 15 is 0 Å². The van der Waals surface area contributed by atoms with Crippen LogP contribution in [0, 0.1) is 11.8 Å². The number of unbranched alkanes of at least 4 members (excludes halogenated alkanes) is 2. The van der Waals surface area contributed by atoms with E-state index in [4.69, 9.17) is 0 Å². The summed E-state index contributed by atoms with van der Waals surface area (Å²) in [7, 11) is 0. The predicted octanol–water partition coefficient (Wildman–Crippen LogP) is 2.59. The van der Waals surface area contributed by atoms with Crippen LogP contribution in [0.5, 0.6) is 0 Å². The van der Waals surface area contributed by atoms with Crippen molar-refractivity contribution in [3.8, 4) is 0 Å². The van der Waals surface area contributed by atoms with Crippen molar-refractivity contribution in [1.29, 1.82) is 0 Å². The highest BCUT2D eigenvalue weighted by Crippen LogP contribution is 2.05. The van der Waals surface area contributed by atoms with Gasteiger partial charge in [0.2, 0.25) is 0 Å². The van der Waals surface area contributed by atoms with Crippen molar-refractivity contribution in [2.45, 2.75) is 53.4 Å². The standard InChI is InChI=1S/C14H27NO2/c1-11(2)13(16)8-6-5-7-9-15-10-14(17)12(3)4/h11-12,15H,5-10H2,1-4H3. The number of hydrogen-bond acceptors (Lipinski definition) is 3. The highest BCUT2D eigenvalue weighted by atomic mass is 16.1. The van der Waals surface area contributed by atoms with E-state index in [2.05, 4.69) is 5.32 Å². The first-order chi connectivity index (χ1) is 7.95. The fourth-order valence-electron chi connectivity index (χ4n) is 1.43. The Kier molecular flexibility index (Phi) is 8.96. The largest absolute Gasteiger partial charge is 0.310 e. The third kappa shape index (κ3) is 9.04. The molecule has 0 radical (unpaired) electrons. The third-order valence-electron chi connectivity index (χ3n) is 2.86. The van der Waals surface area contributed by atoms with Crippen LogP contribution in [0.3, 0.4) is 0 Å². The Bertz CT molecular complexity index is 210. The third-order valence-corrected chi connectivity index (χ3v) is 2.86. The minimum atomic E-state index is 0.117. The lowest BCUT2D eigenvalue weighted by Gasteiger charge is -2.06. The van der Waals surface area contributed by atoms with Gasteiger partial charge in [-0.3, -0.25) is 9.59 Å². The first-order valence-corrected chi connectivity index (χ1v) is 6.71. The molecule has 0 aromatic heterocycles. The summed E-state index contributed by atoms with van der Waals surface area (Å²) in [5.74, 6) is 0.899. The van der Waals surface area contributed by atoms with E-state index in [1.807, 2.05) is 27.7 Å². The minimum absolute atomic E-state index is 0.117. The average molecular weight is 241 g/mol. The number of ketones is 2. The van der Waals surface area contributed by atoms with Gasteiger partial charge in [-0.1, -0.05) is 34.1 Å². The van der Waals surface area contributed by atoms with E-state index in [0.717, 1.165) is 25.8 Å². The molecular weight excluding hydrogens is 214 g/mol. The summed E-state index contributed by atoms with van der Waals surface area (Å²) >= 11 is 0. The van der Waals surface area contributed by atoms with Crippen LogP contribution in [-0.2, 0) is 9.59 Å². The Balaban J connectivity index is 3.30. The fourth-order valence-corrected chi connectivity index (χ4v) is 1.43. The molecule has 0 amide bonds. The molecule has 100 valence electrons. The van der Waals surface area contributed by atoms with E-state index in [9.17, 15) is 9.59 Å². The second kappa shape index (κ2) is 9.34. The molecule has 0 unspecified atom stereocenters. The van der Waals surface area contributed by atoms with Crippen molar-refractivity contribution in [1.82, 2.24) is 5.32 Å². The van der Waals surface area contributed by atoms with Gasteiger partial charge in [-0.25, -0.2) is 0 Å². The van der Waals surface area contributed by atoms with E-state index in [1.54, 1.807) is 0 Å². The summed E-state index contributed by atoms with van der Waals surface area (Å²) in [6.45, 7) is 9.07. The van der Waals surface area contributed by atoms with Crippen LogP contribution in [-0.4, -0.2) is 24.7 Å². The van der Waals surface area contributed by atoms with Gasteiger partial charge in [0.05, 0.1) is 6.54 Å². The van der Waals surface area contributed by atoms with Crippen LogP contribution in [0.2, 0.25) is 0 Å². The number of carbonyl (C=O) groups excluding carboxylic acids is 2. The van der Waals surface area contributed by atoms with Gasteiger partial charge in [0.15, 0.2) is 0 Å². The van der Waals surface area contributed by atoms with E-state index in [1.165, 1.54) is 0 Å². The lowest BCUT2D eigenvalue weighted by molar-refractivity contribution is -0.122. The van der Waals surface area contributed by atoms with Crippen LogP contribution < -0.4 is 5.32 Å². The van der Waals surface area contributed by atoms with Crippen molar-refractivity contribution in [2.75, 3.05) is 13.1 Å². The highest BCUT2D eigenvalue weighted by Gasteiger charge is 2.07. The zero-order valence-corrected chi connectivity index (χ0v) is 11.7. The van der Waals surface area contributed by atoms with Crippen LogP contribution in [0.15, 0.2) is 0 Å². The molecule has 0 aromatic rings. The summed E-state index contributed by atoms with van der Waals surface area (Å²) in [6, 6.07) is 0. The second-order valence-corrected chi connectivity index (χ2v) is 5.23. The zero-order valence-electron chi connectivity index (χ0n) is 11.7. The number of rotatable bonds is 10. The number of Topliss-reactive ketones (excluding diaryl/α,β-unsaturated/α-hetero) is 2. The first-order valence-electron chi connectivity index (χ1n) is 6.71. The summed E-state index contributed by atoms with van der Waals surface area (Å²) in [4.78, 5) is 22.6. The highest BCUT2D eigenvalue weighted by molar-refractivity contribution is 5.82. The lowest BCUT2D eigenvalue weighted by atomic mass is 10.0. The maximum atomic E-state index is 11.3. The molecule has 0 spiro atoms. The smallest absolute Gasteiger partial charge is 0.149 e. The normalized spacial score (nSPS) is 11.2. The molecule has 0 aliphatic rings. The Morgan fingerprint density at radius 3 is 2.00 bits per heavy atom. The zero-order chi connectivity index (χ0) is 13.3. The van der Waals surface area contributed by atoms with Crippen molar-refractivity contribution < 1.29 is 9.59 Å². The van der Waals surface area contributed by atoms with E-state index < -0.39 is 0 Å². The summed E-state index contributed by atoms with van der Waals surface area (Å²) in [5.41, 5.74) is 0. The predicted molar refractivity (Wildman–Crippen MR) is 71.0 cm³/mol. The van der Waals surface area contributed by atoms with Gasteiger partial charge in [-0.15, -0.1) is 0 Å². The van der Waals surface area contributed by atoms with Gasteiger partial charge < -0.3 is 5.32 Å². The summed E-state index contributed by atoms with van der Waals surface area (Å²) < 4.78 is 0. The van der Waals surface area contributed by atoms with Gasteiger partial charge >= 0.3 is 0 Å². The average Bonchev–Trinajstić information content (AvgIpc) is 2.26. The minimum Gasteiger partial charge on any atom is -0.310 e. The van der Waals surface area contributed by atoms with Gasteiger partial charge in [-0.05, 0) is 19.4 Å². The molecule has 0 aliphatic heterocycles. The van der Waals surface area contributed by atoms with Gasteiger partial charge in [-0.2, -0.15) is 0 Å². The Labute approximate surface area is 105 Å². The Morgan fingerprint density at radius 1 is 0.882 bits per heavy atom. The van der Waals surface area contributed by atoms with Gasteiger partial charge in [0, 0.05) is 18.3 Å².